The van der Waals surface area contributed by atoms with Crippen molar-refractivity contribution in [3.05, 3.63) is 60.0 Å². The minimum Gasteiger partial charge on any atom is -0.413 e. The van der Waals surface area contributed by atoms with E-state index in [4.69, 9.17) is 0 Å². The lowest BCUT2D eigenvalue weighted by Crippen LogP contribution is -2.49. The van der Waals surface area contributed by atoms with E-state index in [0.717, 1.165) is 6.07 Å². The summed E-state index contributed by atoms with van der Waals surface area (Å²) in [5, 5.41) is 6.32. The number of halogens is 4. The van der Waals surface area contributed by atoms with Crippen LogP contribution in [0.25, 0.3) is 11.5 Å². The van der Waals surface area contributed by atoms with E-state index in [9.17, 15) is 30.8 Å². The van der Waals surface area contributed by atoms with Crippen molar-refractivity contribution < 1.29 is 35.2 Å². The van der Waals surface area contributed by atoms with Crippen LogP contribution in [-0.2, 0) is 22.6 Å². The predicted molar refractivity (Wildman–Crippen MR) is 111 cm³/mol. The molecule has 1 aliphatic heterocycles. The van der Waals surface area contributed by atoms with Gasteiger partial charge in [0.1, 0.15) is 5.82 Å². The molecule has 0 atom stereocenters. The molecular weight excluding hydrogens is 482 g/mol. The molecule has 0 saturated carbocycles. The zero-order chi connectivity index (χ0) is 24.5. The Labute approximate surface area is 190 Å². The molecule has 14 heteroatoms. The van der Waals surface area contributed by atoms with Gasteiger partial charge in [0.05, 0.1) is 29.3 Å². The summed E-state index contributed by atoms with van der Waals surface area (Å²) >= 11 is 0. The number of hydrogen-bond donors (Lipinski definition) is 0. The number of amides is 2. The second-order valence-corrected chi connectivity index (χ2v) is 9.74. The van der Waals surface area contributed by atoms with Crippen LogP contribution < -0.4 is 4.90 Å². The molecule has 0 N–H and O–H groups in total. The summed E-state index contributed by atoms with van der Waals surface area (Å²) in [6.45, 7) is -0.112. The third kappa shape index (κ3) is 5.32. The predicted octanol–water partition coefficient (Wildman–Crippen LogP) is 3.15. The Bertz CT molecular complexity index is 1280. The maximum Gasteiger partial charge on any atom is 0.470 e. The van der Waals surface area contributed by atoms with Crippen molar-refractivity contribution in [3.63, 3.8) is 0 Å². The first-order valence-corrected chi connectivity index (χ1v) is 11.7. The fourth-order valence-corrected chi connectivity index (χ4v) is 4.45. The van der Waals surface area contributed by atoms with Gasteiger partial charge in [-0.2, -0.15) is 13.2 Å². The zero-order valence-electron chi connectivity index (χ0n) is 17.4. The van der Waals surface area contributed by atoms with Gasteiger partial charge in [0.25, 0.3) is 0 Å². The number of aromatic nitrogens is 3. The third-order valence-electron chi connectivity index (χ3n) is 5.03. The van der Waals surface area contributed by atoms with Gasteiger partial charge in [-0.25, -0.2) is 17.6 Å². The molecule has 3 aromatic rings. The normalized spacial score (nSPS) is 15.8. The van der Waals surface area contributed by atoms with Crippen molar-refractivity contribution in [2.75, 3.05) is 29.5 Å². The molecule has 2 amide bonds. The fourth-order valence-electron chi connectivity index (χ4n) is 3.25. The maximum atomic E-state index is 13.9. The van der Waals surface area contributed by atoms with E-state index in [2.05, 4.69) is 19.6 Å². The molecule has 1 saturated heterocycles. The maximum absolute atomic E-state index is 13.9. The molecule has 9 nitrogen and oxygen atoms in total. The van der Waals surface area contributed by atoms with Crippen molar-refractivity contribution >= 4 is 21.6 Å². The number of rotatable bonds is 4. The molecule has 4 rings (SSSR count). The Morgan fingerprint density at radius 1 is 1.12 bits per heavy atom. The van der Waals surface area contributed by atoms with Crippen molar-refractivity contribution in [1.82, 2.24) is 20.1 Å². The van der Waals surface area contributed by atoms with Crippen LogP contribution in [0.3, 0.4) is 0 Å². The summed E-state index contributed by atoms with van der Waals surface area (Å²) in [5.41, 5.74) is 0.703. The fraction of sp³-hybridized carbons (Fsp3) is 0.300. The lowest BCUT2D eigenvalue weighted by molar-refractivity contribution is -0.156. The van der Waals surface area contributed by atoms with E-state index in [-0.39, 0.29) is 48.3 Å². The summed E-state index contributed by atoms with van der Waals surface area (Å²) in [7, 11) is -3.22. The lowest BCUT2D eigenvalue weighted by Gasteiger charge is -2.32. The zero-order valence-corrected chi connectivity index (χ0v) is 18.2. The van der Waals surface area contributed by atoms with Crippen molar-refractivity contribution in [2.24, 2.45) is 0 Å². The number of nitrogens with zero attached hydrogens (tertiary/aromatic N) is 5. The average molecular weight is 499 g/mol. The van der Waals surface area contributed by atoms with E-state index in [0.29, 0.717) is 5.69 Å². The van der Waals surface area contributed by atoms with Gasteiger partial charge in [-0.05, 0) is 30.3 Å². The molecule has 0 aliphatic carbocycles. The number of anilines is 1. The van der Waals surface area contributed by atoms with Crippen LogP contribution in [0.15, 0.2) is 47.0 Å². The number of hydrogen-bond acceptors (Lipinski definition) is 7. The topological polar surface area (TPSA) is 110 Å². The van der Waals surface area contributed by atoms with Gasteiger partial charge in [-0.1, -0.05) is 6.07 Å². The quantitative estimate of drug-likeness (QED) is 0.508. The van der Waals surface area contributed by atoms with E-state index >= 15 is 0 Å². The number of urea groups is 1. The Morgan fingerprint density at radius 3 is 2.44 bits per heavy atom. The highest BCUT2D eigenvalue weighted by atomic mass is 32.2. The van der Waals surface area contributed by atoms with Crippen LogP contribution in [0.4, 0.5) is 28.0 Å². The van der Waals surface area contributed by atoms with E-state index in [1.807, 2.05) is 0 Å². The Morgan fingerprint density at radius 2 is 1.85 bits per heavy atom. The molecule has 1 aliphatic rings. The van der Waals surface area contributed by atoms with Crippen LogP contribution in [-0.4, -0.2) is 59.1 Å². The van der Waals surface area contributed by atoms with Gasteiger partial charge in [0.15, 0.2) is 9.84 Å². The SMILES string of the molecule is O=C(N1CCS(=O)(=O)CC1)N(Cc1ccc(-c2nnc(C(F)(F)F)o2)cn1)c1cccc(F)c1. The number of pyridine rings is 1. The van der Waals surface area contributed by atoms with Crippen LogP contribution in [0, 0.1) is 5.82 Å². The molecule has 1 aromatic carbocycles. The minimum atomic E-state index is -4.78. The molecule has 0 bridgehead atoms. The van der Waals surface area contributed by atoms with Crippen LogP contribution in [0.5, 0.6) is 0 Å². The standard InChI is InChI=1S/C20H17F4N5O4S/c21-14-2-1-3-16(10-14)29(19(30)28-6-8-34(31,32)9-7-28)12-15-5-4-13(11-25-15)17-26-27-18(33-17)20(22,23)24/h1-5,10-11H,6-9,12H2. The van der Waals surface area contributed by atoms with Gasteiger partial charge in [0, 0.05) is 25.0 Å². The Balaban J connectivity index is 1.56. The summed E-state index contributed by atoms with van der Waals surface area (Å²) in [6.07, 6.45) is -3.57. The second-order valence-electron chi connectivity index (χ2n) is 7.44. The van der Waals surface area contributed by atoms with Gasteiger partial charge in [-0.15, -0.1) is 10.2 Å². The highest BCUT2D eigenvalue weighted by Gasteiger charge is 2.38. The smallest absolute Gasteiger partial charge is 0.413 e. The third-order valence-corrected chi connectivity index (χ3v) is 6.63. The van der Waals surface area contributed by atoms with Crippen molar-refractivity contribution in [2.45, 2.75) is 12.7 Å². The van der Waals surface area contributed by atoms with Crippen molar-refractivity contribution in [3.8, 4) is 11.5 Å². The van der Waals surface area contributed by atoms with Crippen LogP contribution in [0.1, 0.15) is 11.6 Å². The average Bonchev–Trinajstić information content (AvgIpc) is 3.28. The van der Waals surface area contributed by atoms with E-state index in [1.165, 1.54) is 46.3 Å². The Hall–Kier alpha value is -3.55. The second kappa shape index (κ2) is 9.00. The first kappa shape index (κ1) is 23.6. The molecule has 0 radical (unpaired) electrons. The van der Waals surface area contributed by atoms with E-state index < -0.39 is 33.8 Å². The summed E-state index contributed by atoms with van der Waals surface area (Å²) < 4.78 is 79.9. The molecule has 0 spiro atoms. The molecule has 0 unspecified atom stereocenters. The summed E-state index contributed by atoms with van der Waals surface area (Å²) in [5.74, 6) is -2.78. The number of sulfone groups is 1. The number of carbonyl (C=O) groups is 1. The van der Waals surface area contributed by atoms with E-state index in [1.54, 1.807) is 0 Å². The van der Waals surface area contributed by atoms with Crippen LogP contribution in [0.2, 0.25) is 0 Å². The lowest BCUT2D eigenvalue weighted by atomic mass is 10.2. The first-order valence-electron chi connectivity index (χ1n) is 9.90. The number of benzene rings is 1. The molecule has 34 heavy (non-hydrogen) atoms. The van der Waals surface area contributed by atoms with Crippen molar-refractivity contribution in [1.29, 1.82) is 0 Å². The van der Waals surface area contributed by atoms with Crippen LogP contribution >= 0.6 is 0 Å². The molecule has 3 heterocycles. The highest BCUT2D eigenvalue weighted by Crippen LogP contribution is 2.30. The molecule has 1 fully saturated rings. The molecule has 180 valence electrons. The number of alkyl halides is 3. The number of carbonyl (C=O) groups excluding carboxylic acids is 1. The van der Waals surface area contributed by atoms with Gasteiger partial charge < -0.3 is 9.32 Å². The largest absolute Gasteiger partial charge is 0.470 e. The summed E-state index contributed by atoms with van der Waals surface area (Å²) in [6, 6.07) is 7.64. The highest BCUT2D eigenvalue weighted by molar-refractivity contribution is 7.91. The summed E-state index contributed by atoms with van der Waals surface area (Å²) in [4.78, 5) is 19.9. The van der Waals surface area contributed by atoms with Gasteiger partial charge >= 0.3 is 18.1 Å². The van der Waals surface area contributed by atoms with Gasteiger partial charge in [-0.3, -0.25) is 9.88 Å². The van der Waals surface area contributed by atoms with Gasteiger partial charge in [0.2, 0.25) is 5.89 Å². The Kier molecular flexibility index (Phi) is 6.25. The molecule has 2 aromatic heterocycles. The first-order chi connectivity index (χ1) is 16.0. The minimum absolute atomic E-state index is 0.00193. The molecular formula is C20H17F4N5O4S. The monoisotopic (exact) mass is 499 g/mol.